The number of aliphatic imine (C=N–C) groups is 1. The molecule has 0 fully saturated rings. The molecule has 0 unspecified atom stereocenters. The van der Waals surface area contributed by atoms with Crippen molar-refractivity contribution in [3.63, 3.8) is 0 Å². The van der Waals surface area contributed by atoms with Crippen LogP contribution in [0.2, 0.25) is 0 Å². The Morgan fingerprint density at radius 3 is 3.20 bits per heavy atom. The van der Waals surface area contributed by atoms with Gasteiger partial charge in [-0.1, -0.05) is 0 Å². The zero-order valence-electron chi connectivity index (χ0n) is 6.39. The van der Waals surface area contributed by atoms with Crippen LogP contribution in [0.5, 0.6) is 0 Å². The molecule has 1 heterocycles. The highest BCUT2D eigenvalue weighted by Gasteiger charge is 2.00. The predicted molar refractivity (Wildman–Crippen MR) is 41.4 cm³/mol. The monoisotopic (exact) mass is 142 g/mol. The van der Waals surface area contributed by atoms with Crippen molar-refractivity contribution in [3.05, 3.63) is 0 Å². The van der Waals surface area contributed by atoms with Gasteiger partial charge in [0, 0.05) is 19.5 Å². The average Bonchev–Trinajstić information content (AvgIpc) is 1.87. The van der Waals surface area contributed by atoms with Crippen LogP contribution >= 0.6 is 0 Å². The Morgan fingerprint density at radius 2 is 2.40 bits per heavy atom. The first-order valence-electron chi connectivity index (χ1n) is 3.71. The van der Waals surface area contributed by atoms with Crippen molar-refractivity contribution in [2.24, 2.45) is 4.99 Å². The van der Waals surface area contributed by atoms with Crippen LogP contribution in [0.1, 0.15) is 12.8 Å². The molecule has 3 nitrogen and oxygen atoms in total. The number of nitrogens with one attached hydrogen (secondary N) is 1. The van der Waals surface area contributed by atoms with Gasteiger partial charge in [-0.05, 0) is 13.0 Å². The summed E-state index contributed by atoms with van der Waals surface area (Å²) in [5, 5.41) is 3.29. The highest BCUT2D eigenvalue weighted by molar-refractivity contribution is 5.76. The molecule has 1 aliphatic heterocycles. The van der Waals surface area contributed by atoms with Gasteiger partial charge in [-0.2, -0.15) is 0 Å². The molecular formula is C7H14N2O. The van der Waals surface area contributed by atoms with Crippen molar-refractivity contribution < 1.29 is 4.74 Å². The molecule has 0 radical (unpaired) electrons. The van der Waals surface area contributed by atoms with Crippen LogP contribution in [0.25, 0.3) is 0 Å². The summed E-state index contributed by atoms with van der Waals surface area (Å²) in [6.45, 7) is 2.98. The summed E-state index contributed by atoms with van der Waals surface area (Å²) in [5.74, 6) is 0.882. The third-order valence-electron chi connectivity index (χ3n) is 1.55. The fraction of sp³-hybridized carbons (Fsp3) is 0.857. The van der Waals surface area contributed by atoms with E-state index in [-0.39, 0.29) is 0 Å². The summed E-state index contributed by atoms with van der Waals surface area (Å²) in [7, 11) is 1.68. The van der Waals surface area contributed by atoms with E-state index < -0.39 is 0 Å². The zero-order chi connectivity index (χ0) is 7.23. The molecule has 0 aliphatic carbocycles. The summed E-state index contributed by atoms with van der Waals surface area (Å²) < 4.78 is 5.04. The lowest BCUT2D eigenvalue weighted by Gasteiger charge is -2.09. The molecule has 0 aromatic carbocycles. The largest absolute Gasteiger partial charge is 0.484 e. The lowest BCUT2D eigenvalue weighted by atomic mass is 10.3. The van der Waals surface area contributed by atoms with Crippen LogP contribution in [-0.2, 0) is 4.74 Å². The molecule has 0 saturated carbocycles. The molecule has 0 aromatic rings. The maximum atomic E-state index is 5.04. The minimum atomic E-state index is 0.882. The summed E-state index contributed by atoms with van der Waals surface area (Å²) in [6.07, 6.45) is 2.04. The van der Waals surface area contributed by atoms with Crippen LogP contribution in [0.4, 0.5) is 0 Å². The molecule has 0 aromatic heterocycles. The molecule has 3 heteroatoms. The lowest BCUT2D eigenvalue weighted by Crippen LogP contribution is -2.23. The van der Waals surface area contributed by atoms with E-state index in [4.69, 9.17) is 4.74 Å². The van der Waals surface area contributed by atoms with Crippen LogP contribution in [0, 0.1) is 0 Å². The van der Waals surface area contributed by atoms with Gasteiger partial charge in [0.2, 0.25) is 0 Å². The Labute approximate surface area is 61.5 Å². The van der Waals surface area contributed by atoms with E-state index in [1.54, 1.807) is 7.11 Å². The SMILES string of the molecule is COC1=NCCCNCC1. The van der Waals surface area contributed by atoms with Gasteiger partial charge >= 0.3 is 0 Å². The predicted octanol–water partition coefficient (Wildman–Crippen LogP) is 0.415. The molecule has 1 N–H and O–H groups in total. The second kappa shape index (κ2) is 4.28. The van der Waals surface area contributed by atoms with Gasteiger partial charge in [-0.25, -0.2) is 0 Å². The lowest BCUT2D eigenvalue weighted by molar-refractivity contribution is 0.383. The summed E-state index contributed by atoms with van der Waals surface area (Å²) in [6, 6.07) is 0. The fourth-order valence-corrected chi connectivity index (χ4v) is 0.974. The minimum absolute atomic E-state index is 0.882. The van der Waals surface area contributed by atoms with Crippen molar-refractivity contribution in [2.75, 3.05) is 26.7 Å². The normalized spacial score (nSPS) is 20.7. The Morgan fingerprint density at radius 1 is 1.50 bits per heavy atom. The summed E-state index contributed by atoms with van der Waals surface area (Å²) in [5.41, 5.74) is 0. The maximum absolute atomic E-state index is 5.04. The standard InChI is InChI=1S/C7H14N2O/c1-10-7-3-6-8-4-2-5-9-7/h8H,2-6H2,1H3. The average molecular weight is 142 g/mol. The molecule has 1 rings (SSSR count). The Bertz CT molecular complexity index is 123. The Hall–Kier alpha value is -0.570. The van der Waals surface area contributed by atoms with E-state index in [0.717, 1.165) is 38.4 Å². The first kappa shape index (κ1) is 7.54. The topological polar surface area (TPSA) is 33.6 Å². The highest BCUT2D eigenvalue weighted by Crippen LogP contribution is 1.92. The molecule has 1 aliphatic rings. The van der Waals surface area contributed by atoms with Crippen molar-refractivity contribution in [1.82, 2.24) is 5.32 Å². The number of hydrogen-bond donors (Lipinski definition) is 1. The third-order valence-corrected chi connectivity index (χ3v) is 1.55. The Balaban J connectivity index is 2.35. The van der Waals surface area contributed by atoms with Gasteiger partial charge in [0.25, 0.3) is 0 Å². The number of methoxy groups -OCH3 is 1. The maximum Gasteiger partial charge on any atom is 0.184 e. The molecular weight excluding hydrogens is 128 g/mol. The number of rotatable bonds is 0. The van der Waals surface area contributed by atoms with Crippen LogP contribution in [0.15, 0.2) is 4.99 Å². The second-order valence-electron chi connectivity index (χ2n) is 2.33. The fourth-order valence-electron chi connectivity index (χ4n) is 0.974. The summed E-state index contributed by atoms with van der Waals surface area (Å²) >= 11 is 0. The van der Waals surface area contributed by atoms with Gasteiger partial charge in [-0.3, -0.25) is 4.99 Å². The van der Waals surface area contributed by atoms with Crippen molar-refractivity contribution in [2.45, 2.75) is 12.8 Å². The van der Waals surface area contributed by atoms with Crippen LogP contribution in [0.3, 0.4) is 0 Å². The van der Waals surface area contributed by atoms with Gasteiger partial charge in [-0.15, -0.1) is 0 Å². The number of nitrogens with zero attached hydrogens (tertiary/aromatic N) is 1. The second-order valence-corrected chi connectivity index (χ2v) is 2.33. The van der Waals surface area contributed by atoms with Gasteiger partial charge < -0.3 is 10.1 Å². The minimum Gasteiger partial charge on any atom is -0.484 e. The highest BCUT2D eigenvalue weighted by atomic mass is 16.5. The van der Waals surface area contributed by atoms with Crippen molar-refractivity contribution in [3.8, 4) is 0 Å². The van der Waals surface area contributed by atoms with E-state index in [2.05, 4.69) is 10.3 Å². The molecule has 10 heavy (non-hydrogen) atoms. The third kappa shape index (κ3) is 2.35. The van der Waals surface area contributed by atoms with Crippen molar-refractivity contribution >= 4 is 5.90 Å². The van der Waals surface area contributed by atoms with Gasteiger partial charge in [0.15, 0.2) is 5.90 Å². The first-order chi connectivity index (χ1) is 4.93. The first-order valence-corrected chi connectivity index (χ1v) is 3.71. The van der Waals surface area contributed by atoms with Crippen molar-refractivity contribution in [1.29, 1.82) is 0 Å². The number of ether oxygens (including phenoxy) is 1. The molecule has 0 amide bonds. The molecule has 0 spiro atoms. The van der Waals surface area contributed by atoms with E-state index in [9.17, 15) is 0 Å². The smallest absolute Gasteiger partial charge is 0.184 e. The molecule has 0 atom stereocenters. The van der Waals surface area contributed by atoms with E-state index in [1.807, 2.05) is 0 Å². The van der Waals surface area contributed by atoms with E-state index in [1.165, 1.54) is 0 Å². The molecule has 58 valence electrons. The molecule has 0 bridgehead atoms. The molecule has 0 saturated heterocycles. The summed E-state index contributed by atoms with van der Waals surface area (Å²) in [4.78, 5) is 4.26. The van der Waals surface area contributed by atoms with E-state index >= 15 is 0 Å². The quantitative estimate of drug-likeness (QED) is 0.531. The Kier molecular flexibility index (Phi) is 3.22. The zero-order valence-corrected chi connectivity index (χ0v) is 6.39. The van der Waals surface area contributed by atoms with Gasteiger partial charge in [0.05, 0.1) is 7.11 Å². The van der Waals surface area contributed by atoms with Gasteiger partial charge in [0.1, 0.15) is 0 Å². The van der Waals surface area contributed by atoms with Crippen LogP contribution in [-0.4, -0.2) is 32.6 Å². The van der Waals surface area contributed by atoms with E-state index in [0.29, 0.717) is 0 Å². The number of hydrogen-bond acceptors (Lipinski definition) is 3. The van der Waals surface area contributed by atoms with Crippen LogP contribution < -0.4 is 5.32 Å².